The third kappa shape index (κ3) is 2.60. The van der Waals surface area contributed by atoms with E-state index in [0.29, 0.717) is 11.0 Å². The zero-order chi connectivity index (χ0) is 11.6. The van der Waals surface area contributed by atoms with Gasteiger partial charge in [0.15, 0.2) is 0 Å². The number of carboxylic acid groups (broad SMARTS) is 1. The van der Waals surface area contributed by atoms with Crippen LogP contribution in [0.25, 0.3) is 0 Å². The minimum absolute atomic E-state index is 0.191. The van der Waals surface area contributed by atoms with Gasteiger partial charge in [0.25, 0.3) is 0 Å². The van der Waals surface area contributed by atoms with Crippen LogP contribution < -0.4 is 10.6 Å². The monoisotopic (exact) mass is 227 g/mol. The minimum Gasteiger partial charge on any atom is -0.478 e. The largest absolute Gasteiger partial charge is 0.478 e. The maximum absolute atomic E-state index is 11.9. The van der Waals surface area contributed by atoms with Crippen molar-refractivity contribution in [1.82, 2.24) is 0 Å². The maximum Gasteiger partial charge on any atom is 0.335 e. The first-order chi connectivity index (χ1) is 6.86. The second-order valence-electron chi connectivity index (χ2n) is 3.64. The number of rotatable bonds is 3. The maximum atomic E-state index is 11.9. The Bertz CT molecular complexity index is 436. The molecule has 0 radical (unpaired) electrons. The molecule has 0 aliphatic rings. The summed E-state index contributed by atoms with van der Waals surface area (Å²) in [6.45, 7) is 3.31. The van der Waals surface area contributed by atoms with Crippen LogP contribution in [0.1, 0.15) is 10.4 Å². The molecule has 0 bridgehead atoms. The molecule has 0 aliphatic carbocycles. The van der Waals surface area contributed by atoms with E-state index in [-0.39, 0.29) is 5.56 Å². The van der Waals surface area contributed by atoms with Gasteiger partial charge in [-0.05, 0) is 31.5 Å². The fourth-order valence-corrected chi connectivity index (χ4v) is 2.53. The van der Waals surface area contributed by atoms with Crippen molar-refractivity contribution in [2.75, 3.05) is 25.7 Å². The Balaban J connectivity index is 3.34. The van der Waals surface area contributed by atoms with Crippen molar-refractivity contribution in [3.05, 3.63) is 23.8 Å². The van der Waals surface area contributed by atoms with Gasteiger partial charge in [0, 0.05) is 18.0 Å². The molecule has 0 atom stereocenters. The van der Waals surface area contributed by atoms with Crippen LogP contribution in [-0.4, -0.2) is 31.5 Å². The summed E-state index contributed by atoms with van der Waals surface area (Å²) in [5.74, 6) is -0.986. The van der Waals surface area contributed by atoms with E-state index in [9.17, 15) is 9.36 Å². The van der Waals surface area contributed by atoms with Crippen molar-refractivity contribution < 1.29 is 14.5 Å². The highest BCUT2D eigenvalue weighted by Gasteiger charge is 2.17. The topological polar surface area (TPSA) is 66.4 Å². The van der Waals surface area contributed by atoms with E-state index >= 15 is 0 Å². The van der Waals surface area contributed by atoms with Gasteiger partial charge in [0.05, 0.1) is 5.56 Å². The molecule has 0 aromatic heterocycles. The molecule has 1 rings (SSSR count). The van der Waals surface area contributed by atoms with Gasteiger partial charge < -0.3 is 15.0 Å². The average molecular weight is 227 g/mol. The lowest BCUT2D eigenvalue weighted by molar-refractivity contribution is 0.0697. The number of aromatic carboxylic acids is 1. The third-order valence-corrected chi connectivity index (χ3v) is 3.64. The number of carbonyl (C=O) groups is 1. The summed E-state index contributed by atoms with van der Waals surface area (Å²) in [7, 11) is -0.697. The van der Waals surface area contributed by atoms with E-state index in [1.54, 1.807) is 26.4 Å². The van der Waals surface area contributed by atoms with Gasteiger partial charge in [-0.3, -0.25) is 0 Å². The fourth-order valence-electron chi connectivity index (χ4n) is 1.34. The summed E-state index contributed by atoms with van der Waals surface area (Å²) in [6.07, 6.45) is 0. The molecule has 5 heteroatoms. The van der Waals surface area contributed by atoms with Crippen LogP contribution in [0.4, 0.5) is 5.69 Å². The highest BCUT2D eigenvalue weighted by molar-refractivity contribution is 7.70. The number of carboxylic acids is 1. The van der Waals surface area contributed by atoms with Crippen LogP contribution in [0.15, 0.2) is 18.2 Å². The first-order valence-corrected chi connectivity index (χ1v) is 7.07. The summed E-state index contributed by atoms with van der Waals surface area (Å²) in [6, 6.07) is 4.57. The molecule has 1 aromatic carbocycles. The summed E-state index contributed by atoms with van der Waals surface area (Å²) in [5.41, 5.74) is 0.805. The lowest BCUT2D eigenvalue weighted by Gasteiger charge is -2.13. The van der Waals surface area contributed by atoms with E-state index in [2.05, 4.69) is 5.32 Å². The number of benzene rings is 1. The van der Waals surface area contributed by atoms with Crippen molar-refractivity contribution in [3.8, 4) is 0 Å². The molecule has 0 saturated heterocycles. The molecule has 1 aromatic rings. The third-order valence-electron chi connectivity index (χ3n) is 2.09. The fraction of sp³-hybridized carbons (Fsp3) is 0.300. The highest BCUT2D eigenvalue weighted by Crippen LogP contribution is 2.37. The quantitative estimate of drug-likeness (QED) is 0.771. The Labute approximate surface area is 88.7 Å². The van der Waals surface area contributed by atoms with Crippen LogP contribution in [0, 0.1) is 0 Å². The average Bonchev–Trinajstić information content (AvgIpc) is 2.15. The van der Waals surface area contributed by atoms with Crippen molar-refractivity contribution in [2.24, 2.45) is 0 Å². The zero-order valence-corrected chi connectivity index (χ0v) is 9.84. The SMILES string of the molecule is CNc1cc(C(=O)O)ccc1P(C)(C)=O. The van der Waals surface area contributed by atoms with Gasteiger partial charge in [-0.15, -0.1) is 0 Å². The summed E-state index contributed by atoms with van der Waals surface area (Å²) >= 11 is 0. The molecular weight excluding hydrogens is 213 g/mol. The molecular formula is C10H14NO3P. The predicted molar refractivity (Wildman–Crippen MR) is 62.0 cm³/mol. The predicted octanol–water partition coefficient (Wildman–Crippen LogP) is 1.67. The van der Waals surface area contributed by atoms with Crippen LogP contribution in [0.3, 0.4) is 0 Å². The van der Waals surface area contributed by atoms with Crippen molar-refractivity contribution in [3.63, 3.8) is 0 Å². The normalized spacial score (nSPS) is 11.1. The van der Waals surface area contributed by atoms with Gasteiger partial charge in [-0.1, -0.05) is 0 Å². The van der Waals surface area contributed by atoms with E-state index in [1.807, 2.05) is 0 Å². The standard InChI is InChI=1S/C10H14NO3P/c1-11-8-6-7(10(12)13)4-5-9(8)15(2,3)14/h4-6,11H,1-3H3,(H,12,13). The Morgan fingerprint density at radius 3 is 2.40 bits per heavy atom. The van der Waals surface area contributed by atoms with Crippen LogP contribution in [-0.2, 0) is 4.57 Å². The first-order valence-electron chi connectivity index (χ1n) is 4.47. The highest BCUT2D eigenvalue weighted by atomic mass is 31.2. The van der Waals surface area contributed by atoms with Gasteiger partial charge in [-0.2, -0.15) is 0 Å². The van der Waals surface area contributed by atoms with Crippen molar-refractivity contribution >= 4 is 24.1 Å². The van der Waals surface area contributed by atoms with Crippen LogP contribution in [0.2, 0.25) is 0 Å². The van der Waals surface area contributed by atoms with Gasteiger partial charge >= 0.3 is 5.97 Å². The molecule has 0 spiro atoms. The molecule has 2 N–H and O–H groups in total. The van der Waals surface area contributed by atoms with Crippen LogP contribution >= 0.6 is 7.14 Å². The summed E-state index contributed by atoms with van der Waals surface area (Å²) in [4.78, 5) is 10.7. The smallest absolute Gasteiger partial charge is 0.335 e. The first kappa shape index (κ1) is 11.8. The Hall–Kier alpha value is -1.28. The van der Waals surface area contributed by atoms with Crippen LogP contribution in [0.5, 0.6) is 0 Å². The molecule has 4 nitrogen and oxygen atoms in total. The molecule has 0 unspecified atom stereocenters. The van der Waals surface area contributed by atoms with Gasteiger partial charge in [-0.25, -0.2) is 4.79 Å². The Kier molecular flexibility index (Phi) is 3.20. The minimum atomic E-state index is -2.38. The Morgan fingerprint density at radius 1 is 1.40 bits per heavy atom. The van der Waals surface area contributed by atoms with E-state index in [0.717, 1.165) is 0 Å². The van der Waals surface area contributed by atoms with E-state index in [1.165, 1.54) is 12.1 Å². The second-order valence-corrected chi connectivity index (χ2v) is 6.82. The number of hydrogen-bond donors (Lipinski definition) is 2. The molecule has 0 heterocycles. The van der Waals surface area contributed by atoms with Gasteiger partial charge in [0.1, 0.15) is 7.14 Å². The second kappa shape index (κ2) is 4.07. The number of nitrogens with one attached hydrogen (secondary N) is 1. The molecule has 0 aliphatic heterocycles. The van der Waals surface area contributed by atoms with Gasteiger partial charge in [0.2, 0.25) is 0 Å². The Morgan fingerprint density at radius 2 is 2.00 bits per heavy atom. The van der Waals surface area contributed by atoms with Crippen molar-refractivity contribution in [1.29, 1.82) is 0 Å². The van der Waals surface area contributed by atoms with E-state index in [4.69, 9.17) is 5.11 Å². The van der Waals surface area contributed by atoms with E-state index < -0.39 is 13.1 Å². The number of anilines is 1. The zero-order valence-electron chi connectivity index (χ0n) is 8.94. The van der Waals surface area contributed by atoms with Crippen molar-refractivity contribution in [2.45, 2.75) is 0 Å². The summed E-state index contributed by atoms with van der Waals surface area (Å²) in [5, 5.41) is 12.3. The molecule has 0 saturated carbocycles. The lowest BCUT2D eigenvalue weighted by Crippen LogP contribution is -2.11. The summed E-state index contributed by atoms with van der Waals surface area (Å²) < 4.78 is 11.9. The molecule has 0 fully saturated rings. The molecule has 15 heavy (non-hydrogen) atoms. The molecule has 82 valence electrons. The lowest BCUT2D eigenvalue weighted by atomic mass is 10.2. The molecule has 0 amide bonds. The number of hydrogen-bond acceptors (Lipinski definition) is 3.